The van der Waals surface area contributed by atoms with E-state index in [1.165, 1.54) is 14.0 Å². The molecule has 2 aromatic carbocycles. The van der Waals surface area contributed by atoms with Gasteiger partial charge >= 0.3 is 0 Å². The van der Waals surface area contributed by atoms with E-state index >= 15 is 0 Å². The molecule has 0 aliphatic carbocycles. The maximum Gasteiger partial charge on any atom is 0.231 e. The monoisotopic (exact) mass is 373 g/mol. The highest BCUT2D eigenvalue weighted by atomic mass is 16.7. The number of Topliss-reactive ketones (excluding diaryl/α,β-unsaturated/α-hetero) is 1. The number of benzene rings is 2. The number of hydrogen-bond donors (Lipinski definition) is 2. The molecule has 1 aliphatic rings. The third-order valence-electron chi connectivity index (χ3n) is 4.15. The van der Waals surface area contributed by atoms with Crippen molar-refractivity contribution in [3.8, 4) is 23.0 Å². The summed E-state index contributed by atoms with van der Waals surface area (Å²) in [4.78, 5) is 11.4. The smallest absolute Gasteiger partial charge is 0.231 e. The van der Waals surface area contributed by atoms with Gasteiger partial charge in [0.25, 0.3) is 0 Å². The van der Waals surface area contributed by atoms with Gasteiger partial charge in [-0.3, -0.25) is 4.79 Å². The average Bonchev–Trinajstić information content (AvgIpc) is 3.14. The van der Waals surface area contributed by atoms with Gasteiger partial charge in [0.15, 0.2) is 28.8 Å². The van der Waals surface area contributed by atoms with Crippen LogP contribution in [0.5, 0.6) is 23.0 Å². The molecule has 27 heavy (non-hydrogen) atoms. The highest BCUT2D eigenvalue weighted by molar-refractivity contribution is 5.94. The van der Waals surface area contributed by atoms with Crippen LogP contribution < -0.4 is 24.3 Å². The Kier molecular flexibility index (Phi) is 6.16. The van der Waals surface area contributed by atoms with Crippen LogP contribution in [-0.4, -0.2) is 44.0 Å². The fraction of sp³-hybridized carbons (Fsp3) is 0.350. The summed E-state index contributed by atoms with van der Waals surface area (Å²) in [6, 6.07) is 10.7. The summed E-state index contributed by atoms with van der Waals surface area (Å²) < 4.78 is 21.5. The molecule has 1 atom stereocenters. The number of rotatable bonds is 9. The van der Waals surface area contributed by atoms with Crippen molar-refractivity contribution in [1.29, 1.82) is 0 Å². The first kappa shape index (κ1) is 19.0. The van der Waals surface area contributed by atoms with Gasteiger partial charge in [-0.25, -0.2) is 0 Å². The van der Waals surface area contributed by atoms with Crippen molar-refractivity contribution in [3.05, 3.63) is 47.5 Å². The summed E-state index contributed by atoms with van der Waals surface area (Å²) in [7, 11) is 1.51. The predicted octanol–water partition coefficient (Wildman–Crippen LogP) is 2.16. The largest absolute Gasteiger partial charge is 0.493 e. The number of aliphatic hydroxyl groups excluding tert-OH is 1. The van der Waals surface area contributed by atoms with Crippen molar-refractivity contribution < 1.29 is 28.8 Å². The fourth-order valence-corrected chi connectivity index (χ4v) is 2.68. The first-order chi connectivity index (χ1) is 13.1. The Morgan fingerprint density at radius 3 is 2.78 bits per heavy atom. The van der Waals surface area contributed by atoms with E-state index in [0.717, 1.165) is 17.1 Å². The minimum atomic E-state index is -0.698. The number of fused-ring (bicyclic) bond motifs is 1. The summed E-state index contributed by atoms with van der Waals surface area (Å²) in [5.74, 6) is 2.38. The van der Waals surface area contributed by atoms with Crippen molar-refractivity contribution in [1.82, 2.24) is 5.32 Å². The predicted molar refractivity (Wildman–Crippen MR) is 98.8 cm³/mol. The molecule has 0 amide bonds. The standard InChI is InChI=1S/C20H23NO6/c1-13(22)15-4-6-17(19(8-15)24-2)25-11-16(23)10-21-9-14-3-5-18-20(7-14)27-12-26-18/h3-8,16,21,23H,9-12H2,1-2H3. The summed E-state index contributed by atoms with van der Waals surface area (Å²) in [5.41, 5.74) is 1.58. The second kappa shape index (κ2) is 8.75. The van der Waals surface area contributed by atoms with Crippen LogP contribution in [0.15, 0.2) is 36.4 Å². The molecule has 2 N–H and O–H groups in total. The molecule has 144 valence electrons. The Morgan fingerprint density at radius 2 is 2.00 bits per heavy atom. The van der Waals surface area contributed by atoms with Gasteiger partial charge in [0, 0.05) is 18.7 Å². The number of ether oxygens (including phenoxy) is 4. The van der Waals surface area contributed by atoms with Crippen molar-refractivity contribution >= 4 is 5.78 Å². The number of carbonyl (C=O) groups is 1. The normalized spacial score (nSPS) is 13.3. The molecule has 2 aromatic rings. The highest BCUT2D eigenvalue weighted by Crippen LogP contribution is 2.32. The van der Waals surface area contributed by atoms with E-state index in [1.807, 2.05) is 18.2 Å². The van der Waals surface area contributed by atoms with Gasteiger partial charge in [0.1, 0.15) is 12.7 Å². The third kappa shape index (κ3) is 4.90. The van der Waals surface area contributed by atoms with E-state index in [-0.39, 0.29) is 19.2 Å². The van der Waals surface area contributed by atoms with Crippen LogP contribution in [-0.2, 0) is 6.54 Å². The van der Waals surface area contributed by atoms with Gasteiger partial charge in [0.2, 0.25) is 6.79 Å². The van der Waals surface area contributed by atoms with E-state index in [2.05, 4.69) is 5.32 Å². The van der Waals surface area contributed by atoms with Crippen LogP contribution in [0.2, 0.25) is 0 Å². The van der Waals surface area contributed by atoms with Crippen LogP contribution in [0.25, 0.3) is 0 Å². The van der Waals surface area contributed by atoms with Gasteiger partial charge in [-0.05, 0) is 42.8 Å². The lowest BCUT2D eigenvalue weighted by molar-refractivity contribution is 0.101. The van der Waals surface area contributed by atoms with Crippen molar-refractivity contribution in [2.45, 2.75) is 19.6 Å². The second-order valence-corrected chi connectivity index (χ2v) is 6.21. The highest BCUT2D eigenvalue weighted by Gasteiger charge is 2.14. The maximum absolute atomic E-state index is 11.4. The van der Waals surface area contributed by atoms with Crippen molar-refractivity contribution in [3.63, 3.8) is 0 Å². The SMILES string of the molecule is COc1cc(C(C)=O)ccc1OCC(O)CNCc1ccc2c(c1)OCO2. The molecule has 1 unspecified atom stereocenters. The minimum absolute atomic E-state index is 0.0485. The molecular formula is C20H23NO6. The third-order valence-corrected chi connectivity index (χ3v) is 4.15. The fourth-order valence-electron chi connectivity index (χ4n) is 2.68. The Bertz CT molecular complexity index is 807. The number of nitrogens with one attached hydrogen (secondary N) is 1. The van der Waals surface area contributed by atoms with E-state index in [4.69, 9.17) is 18.9 Å². The lowest BCUT2D eigenvalue weighted by Gasteiger charge is -2.15. The summed E-state index contributed by atoms with van der Waals surface area (Å²) in [6.45, 7) is 2.79. The van der Waals surface area contributed by atoms with E-state index in [9.17, 15) is 9.90 Å². The van der Waals surface area contributed by atoms with E-state index in [1.54, 1.807) is 18.2 Å². The molecular weight excluding hydrogens is 350 g/mol. The number of hydrogen-bond acceptors (Lipinski definition) is 7. The zero-order valence-corrected chi connectivity index (χ0v) is 15.4. The van der Waals surface area contributed by atoms with Crippen molar-refractivity contribution in [2.75, 3.05) is 27.1 Å². The molecule has 7 nitrogen and oxygen atoms in total. The van der Waals surface area contributed by atoms with Gasteiger partial charge in [-0.2, -0.15) is 0 Å². The Labute approximate surface area is 157 Å². The quantitative estimate of drug-likeness (QED) is 0.652. The van der Waals surface area contributed by atoms with Crippen LogP contribution in [0.1, 0.15) is 22.8 Å². The van der Waals surface area contributed by atoms with Gasteiger partial charge < -0.3 is 29.4 Å². The van der Waals surface area contributed by atoms with E-state index < -0.39 is 6.10 Å². The van der Waals surface area contributed by atoms with Crippen molar-refractivity contribution in [2.24, 2.45) is 0 Å². The van der Waals surface area contributed by atoms with Crippen LogP contribution in [0, 0.1) is 0 Å². The molecule has 0 bridgehead atoms. The molecule has 0 radical (unpaired) electrons. The number of aliphatic hydroxyl groups is 1. The molecule has 0 aromatic heterocycles. The first-order valence-corrected chi connectivity index (χ1v) is 8.66. The Balaban J connectivity index is 1.46. The molecule has 1 aliphatic heterocycles. The molecule has 1 heterocycles. The van der Waals surface area contributed by atoms with Gasteiger partial charge in [-0.1, -0.05) is 6.07 Å². The van der Waals surface area contributed by atoms with Gasteiger partial charge in [-0.15, -0.1) is 0 Å². The summed E-state index contributed by atoms with van der Waals surface area (Å²) in [5, 5.41) is 13.3. The van der Waals surface area contributed by atoms with Crippen LogP contribution in [0.3, 0.4) is 0 Å². The first-order valence-electron chi connectivity index (χ1n) is 8.66. The molecule has 0 saturated heterocycles. The summed E-state index contributed by atoms with van der Waals surface area (Å²) in [6.07, 6.45) is -0.698. The minimum Gasteiger partial charge on any atom is -0.493 e. The Morgan fingerprint density at radius 1 is 1.19 bits per heavy atom. The molecule has 0 spiro atoms. The van der Waals surface area contributed by atoms with E-state index in [0.29, 0.717) is 30.2 Å². The molecule has 0 saturated carbocycles. The number of carbonyl (C=O) groups excluding carboxylic acids is 1. The maximum atomic E-state index is 11.4. The second-order valence-electron chi connectivity index (χ2n) is 6.21. The average molecular weight is 373 g/mol. The molecule has 0 fully saturated rings. The molecule has 3 rings (SSSR count). The Hall–Kier alpha value is -2.77. The zero-order valence-electron chi connectivity index (χ0n) is 15.4. The number of methoxy groups -OCH3 is 1. The topological polar surface area (TPSA) is 86.3 Å². The lowest BCUT2D eigenvalue weighted by Crippen LogP contribution is -2.31. The molecule has 7 heteroatoms. The van der Waals surface area contributed by atoms with Crippen LogP contribution in [0.4, 0.5) is 0 Å². The summed E-state index contributed by atoms with van der Waals surface area (Å²) >= 11 is 0. The number of ketones is 1. The van der Waals surface area contributed by atoms with Crippen LogP contribution >= 0.6 is 0 Å². The van der Waals surface area contributed by atoms with Gasteiger partial charge in [0.05, 0.1) is 7.11 Å². The zero-order chi connectivity index (χ0) is 19.2. The lowest BCUT2D eigenvalue weighted by atomic mass is 10.1.